The van der Waals surface area contributed by atoms with Crippen molar-refractivity contribution in [3.05, 3.63) is 48.3 Å². The molecule has 2 aromatic rings. The van der Waals surface area contributed by atoms with Crippen molar-refractivity contribution >= 4 is 0 Å². The Bertz CT molecular complexity index is 590. The van der Waals surface area contributed by atoms with E-state index in [1.807, 2.05) is 18.3 Å². The lowest BCUT2D eigenvalue weighted by atomic mass is 10.1. The molecular formula is C19H24N2O2. The van der Waals surface area contributed by atoms with Gasteiger partial charge in [-0.2, -0.15) is 0 Å². The summed E-state index contributed by atoms with van der Waals surface area (Å²) in [7, 11) is 0. The van der Waals surface area contributed by atoms with Gasteiger partial charge in [-0.25, -0.2) is 0 Å². The molecule has 0 radical (unpaired) electrons. The molecule has 1 saturated heterocycles. The van der Waals surface area contributed by atoms with Crippen LogP contribution in [0, 0.1) is 0 Å². The molecule has 4 nitrogen and oxygen atoms in total. The minimum atomic E-state index is 0.714. The molecule has 0 saturated carbocycles. The second-order valence-electron chi connectivity index (χ2n) is 5.72. The van der Waals surface area contributed by atoms with Gasteiger partial charge < -0.3 is 9.47 Å². The number of pyridine rings is 1. The van der Waals surface area contributed by atoms with E-state index in [9.17, 15) is 0 Å². The summed E-state index contributed by atoms with van der Waals surface area (Å²) in [6.45, 7) is 7.45. The molecule has 1 aliphatic rings. The summed E-state index contributed by atoms with van der Waals surface area (Å²) >= 11 is 0. The van der Waals surface area contributed by atoms with E-state index in [0.717, 1.165) is 56.3 Å². The average Bonchev–Trinajstić information content (AvgIpc) is 2.63. The molecular weight excluding hydrogens is 288 g/mol. The largest absolute Gasteiger partial charge is 0.492 e. The molecule has 4 heteroatoms. The second-order valence-corrected chi connectivity index (χ2v) is 5.72. The molecule has 0 spiro atoms. The number of nitrogens with zero attached hydrogens (tertiary/aromatic N) is 2. The Kier molecular flexibility index (Phi) is 5.61. The zero-order valence-corrected chi connectivity index (χ0v) is 13.7. The molecule has 1 fully saturated rings. The van der Waals surface area contributed by atoms with Crippen molar-refractivity contribution in [1.82, 2.24) is 9.88 Å². The SMILES string of the molecule is CCc1ccc(-c2ccc(OCCN3CCOCC3)cc2)cn1. The van der Waals surface area contributed by atoms with Crippen LogP contribution in [0.2, 0.25) is 0 Å². The van der Waals surface area contributed by atoms with Crippen molar-refractivity contribution in [2.75, 3.05) is 39.5 Å². The van der Waals surface area contributed by atoms with E-state index >= 15 is 0 Å². The van der Waals surface area contributed by atoms with Gasteiger partial charge in [0.25, 0.3) is 0 Å². The maximum absolute atomic E-state index is 5.84. The molecule has 23 heavy (non-hydrogen) atoms. The number of aromatic nitrogens is 1. The molecule has 0 atom stereocenters. The standard InChI is InChI=1S/C19H24N2O2/c1-2-18-6-3-17(15-20-18)16-4-7-19(8-5-16)23-14-11-21-9-12-22-13-10-21/h3-8,15H,2,9-14H2,1H3. The number of ether oxygens (including phenoxy) is 2. The van der Waals surface area contributed by atoms with Crippen molar-refractivity contribution < 1.29 is 9.47 Å². The van der Waals surface area contributed by atoms with Crippen LogP contribution in [-0.2, 0) is 11.2 Å². The fraction of sp³-hybridized carbons (Fsp3) is 0.421. The first-order valence-corrected chi connectivity index (χ1v) is 8.33. The maximum atomic E-state index is 5.84. The van der Waals surface area contributed by atoms with E-state index in [1.54, 1.807) is 0 Å². The molecule has 0 amide bonds. The number of rotatable bonds is 6. The Morgan fingerprint density at radius 3 is 2.43 bits per heavy atom. The highest BCUT2D eigenvalue weighted by molar-refractivity contribution is 5.63. The summed E-state index contributed by atoms with van der Waals surface area (Å²) in [5.41, 5.74) is 3.43. The zero-order chi connectivity index (χ0) is 15.9. The van der Waals surface area contributed by atoms with Gasteiger partial charge in [0.05, 0.1) is 13.2 Å². The van der Waals surface area contributed by atoms with E-state index in [4.69, 9.17) is 9.47 Å². The number of hydrogen-bond donors (Lipinski definition) is 0. The highest BCUT2D eigenvalue weighted by atomic mass is 16.5. The monoisotopic (exact) mass is 312 g/mol. The van der Waals surface area contributed by atoms with E-state index in [1.165, 1.54) is 5.56 Å². The van der Waals surface area contributed by atoms with E-state index in [-0.39, 0.29) is 0 Å². The van der Waals surface area contributed by atoms with Gasteiger partial charge in [-0.1, -0.05) is 25.1 Å². The van der Waals surface area contributed by atoms with Gasteiger partial charge in [0.2, 0.25) is 0 Å². The first-order chi connectivity index (χ1) is 11.3. The highest BCUT2D eigenvalue weighted by Crippen LogP contribution is 2.22. The van der Waals surface area contributed by atoms with Crippen LogP contribution >= 0.6 is 0 Å². The van der Waals surface area contributed by atoms with Gasteiger partial charge in [-0.05, 0) is 30.2 Å². The minimum Gasteiger partial charge on any atom is -0.492 e. The fourth-order valence-electron chi connectivity index (χ4n) is 2.67. The van der Waals surface area contributed by atoms with Gasteiger partial charge in [0, 0.05) is 37.1 Å². The Morgan fingerprint density at radius 2 is 1.78 bits per heavy atom. The molecule has 0 unspecified atom stereocenters. The molecule has 3 rings (SSSR count). The topological polar surface area (TPSA) is 34.6 Å². The van der Waals surface area contributed by atoms with E-state index < -0.39 is 0 Å². The summed E-state index contributed by atoms with van der Waals surface area (Å²) in [5, 5.41) is 0. The van der Waals surface area contributed by atoms with Gasteiger partial charge in [-0.3, -0.25) is 9.88 Å². The Balaban J connectivity index is 1.51. The summed E-state index contributed by atoms with van der Waals surface area (Å²) < 4.78 is 11.2. The third kappa shape index (κ3) is 4.53. The van der Waals surface area contributed by atoms with Crippen LogP contribution in [0.15, 0.2) is 42.6 Å². The summed E-state index contributed by atoms with van der Waals surface area (Å²) in [6.07, 6.45) is 2.91. The van der Waals surface area contributed by atoms with Crippen molar-refractivity contribution in [1.29, 1.82) is 0 Å². The van der Waals surface area contributed by atoms with Crippen LogP contribution in [0.3, 0.4) is 0 Å². The minimum absolute atomic E-state index is 0.714. The van der Waals surface area contributed by atoms with E-state index in [2.05, 4.69) is 41.1 Å². The fourth-order valence-corrected chi connectivity index (χ4v) is 2.67. The normalized spacial score (nSPS) is 15.5. The first-order valence-electron chi connectivity index (χ1n) is 8.33. The van der Waals surface area contributed by atoms with Crippen molar-refractivity contribution in [2.24, 2.45) is 0 Å². The summed E-state index contributed by atoms with van der Waals surface area (Å²) in [5.74, 6) is 0.917. The molecule has 1 aromatic heterocycles. The third-order valence-electron chi connectivity index (χ3n) is 4.15. The van der Waals surface area contributed by atoms with Crippen LogP contribution in [0.4, 0.5) is 0 Å². The summed E-state index contributed by atoms with van der Waals surface area (Å²) in [4.78, 5) is 6.82. The number of morpholine rings is 1. The lowest BCUT2D eigenvalue weighted by Crippen LogP contribution is -2.38. The molecule has 0 bridgehead atoms. The van der Waals surface area contributed by atoms with Crippen LogP contribution in [0.5, 0.6) is 5.75 Å². The zero-order valence-electron chi connectivity index (χ0n) is 13.7. The van der Waals surface area contributed by atoms with Gasteiger partial charge in [0.1, 0.15) is 12.4 Å². The van der Waals surface area contributed by atoms with Crippen LogP contribution < -0.4 is 4.74 Å². The quantitative estimate of drug-likeness (QED) is 0.821. The van der Waals surface area contributed by atoms with Crippen molar-refractivity contribution in [2.45, 2.75) is 13.3 Å². The highest BCUT2D eigenvalue weighted by Gasteiger charge is 2.09. The van der Waals surface area contributed by atoms with Gasteiger partial charge in [-0.15, -0.1) is 0 Å². The van der Waals surface area contributed by atoms with Gasteiger partial charge >= 0.3 is 0 Å². The Hall–Kier alpha value is -1.91. The third-order valence-corrected chi connectivity index (χ3v) is 4.15. The van der Waals surface area contributed by atoms with Crippen LogP contribution in [-0.4, -0.2) is 49.3 Å². The predicted octanol–water partition coefficient (Wildman–Crippen LogP) is 3.02. The lowest BCUT2D eigenvalue weighted by Gasteiger charge is -2.26. The second kappa shape index (κ2) is 8.09. The molecule has 2 heterocycles. The van der Waals surface area contributed by atoms with E-state index in [0.29, 0.717) is 6.61 Å². The molecule has 0 N–H and O–H groups in total. The lowest BCUT2D eigenvalue weighted by molar-refractivity contribution is 0.0322. The number of aryl methyl sites for hydroxylation is 1. The molecule has 1 aromatic carbocycles. The van der Waals surface area contributed by atoms with Crippen molar-refractivity contribution in [3.63, 3.8) is 0 Å². The molecule has 122 valence electrons. The van der Waals surface area contributed by atoms with Crippen molar-refractivity contribution in [3.8, 4) is 16.9 Å². The summed E-state index contributed by atoms with van der Waals surface area (Å²) in [6, 6.07) is 12.5. The first kappa shape index (κ1) is 16.0. The maximum Gasteiger partial charge on any atom is 0.119 e. The van der Waals surface area contributed by atoms with Crippen LogP contribution in [0.25, 0.3) is 11.1 Å². The van der Waals surface area contributed by atoms with Gasteiger partial charge in [0.15, 0.2) is 0 Å². The smallest absolute Gasteiger partial charge is 0.119 e. The Morgan fingerprint density at radius 1 is 1.04 bits per heavy atom. The number of benzene rings is 1. The molecule has 0 aliphatic carbocycles. The molecule has 1 aliphatic heterocycles. The predicted molar refractivity (Wildman–Crippen MR) is 91.8 cm³/mol. The van der Waals surface area contributed by atoms with Crippen LogP contribution in [0.1, 0.15) is 12.6 Å². The number of hydrogen-bond acceptors (Lipinski definition) is 4. The Labute approximate surface area is 138 Å². The average molecular weight is 312 g/mol.